The van der Waals surface area contributed by atoms with Crippen molar-refractivity contribution >= 4 is 29.2 Å². The van der Waals surface area contributed by atoms with Crippen LogP contribution in [0.25, 0.3) is 0 Å². The Kier molecular flexibility index (Phi) is 9.70. The molecule has 0 radical (unpaired) electrons. The van der Waals surface area contributed by atoms with Crippen LogP contribution in [0.15, 0.2) is 29.4 Å². The fourth-order valence-electron chi connectivity index (χ4n) is 1.78. The van der Waals surface area contributed by atoms with Gasteiger partial charge in [0.05, 0.1) is 0 Å². The van der Waals surface area contributed by atoms with Crippen LogP contribution in [0.3, 0.4) is 0 Å². The van der Waals surface area contributed by atoms with Crippen molar-refractivity contribution in [1.82, 2.24) is 9.97 Å². The Balaban J connectivity index is 0.000000381. The maximum Gasteiger partial charge on any atom is 0.191 e. The lowest BCUT2D eigenvalue weighted by Gasteiger charge is -2.04. The van der Waals surface area contributed by atoms with Gasteiger partial charge >= 0.3 is 0 Å². The second-order valence-electron chi connectivity index (χ2n) is 5.66. The summed E-state index contributed by atoms with van der Waals surface area (Å²) in [6, 6.07) is 5.42. The summed E-state index contributed by atoms with van der Waals surface area (Å²) in [6.45, 7) is 4.67. The van der Waals surface area contributed by atoms with Crippen molar-refractivity contribution < 1.29 is 13.9 Å². The van der Waals surface area contributed by atoms with E-state index in [4.69, 9.17) is 22.4 Å². The minimum absolute atomic E-state index is 0.198. The molecule has 0 aliphatic rings. The summed E-state index contributed by atoms with van der Waals surface area (Å²) in [6.07, 6.45) is 2.11. The van der Waals surface area contributed by atoms with Crippen LogP contribution in [0.1, 0.15) is 32.3 Å². The molecule has 0 atom stereocenters. The molecule has 138 valence electrons. The summed E-state index contributed by atoms with van der Waals surface area (Å²) in [5, 5.41) is 8.85. The molecule has 0 aliphatic carbocycles. The van der Waals surface area contributed by atoms with Gasteiger partial charge in [0.1, 0.15) is 11.0 Å². The highest BCUT2D eigenvalue weighted by Gasteiger charge is 2.09. The van der Waals surface area contributed by atoms with E-state index in [1.54, 1.807) is 0 Å². The van der Waals surface area contributed by atoms with Gasteiger partial charge in [0.2, 0.25) is 0 Å². The van der Waals surface area contributed by atoms with E-state index in [0.717, 1.165) is 36.6 Å². The van der Waals surface area contributed by atoms with Crippen LogP contribution in [-0.2, 0) is 5.75 Å². The first-order valence-corrected chi connectivity index (χ1v) is 9.16. The van der Waals surface area contributed by atoms with E-state index in [-0.39, 0.29) is 22.3 Å². The third-order valence-corrected chi connectivity index (χ3v) is 4.11. The summed E-state index contributed by atoms with van der Waals surface area (Å²) in [7, 11) is 0. The van der Waals surface area contributed by atoms with Crippen molar-refractivity contribution in [2.24, 2.45) is 5.92 Å². The van der Waals surface area contributed by atoms with Gasteiger partial charge in [-0.3, -0.25) is 0 Å². The number of aromatic nitrogens is 2. The number of aliphatic hydroxyl groups is 1. The topological polar surface area (TPSA) is 72.0 Å². The van der Waals surface area contributed by atoms with Crippen molar-refractivity contribution in [3.8, 4) is 0 Å². The Morgan fingerprint density at radius 2 is 2.00 bits per heavy atom. The molecule has 2 rings (SSSR count). The molecule has 0 spiro atoms. The Morgan fingerprint density at radius 3 is 2.56 bits per heavy atom. The average molecular weight is 390 g/mol. The van der Waals surface area contributed by atoms with Crippen LogP contribution in [0.2, 0.25) is 5.15 Å². The molecule has 0 unspecified atom stereocenters. The average Bonchev–Trinajstić information content (AvgIpc) is 2.54. The van der Waals surface area contributed by atoms with Gasteiger partial charge in [0, 0.05) is 24.0 Å². The van der Waals surface area contributed by atoms with Gasteiger partial charge in [-0.05, 0) is 24.8 Å². The van der Waals surface area contributed by atoms with Crippen molar-refractivity contribution in [3.05, 3.63) is 46.6 Å². The van der Waals surface area contributed by atoms with E-state index in [1.165, 1.54) is 18.2 Å². The predicted molar refractivity (Wildman–Crippen MR) is 98.5 cm³/mol. The van der Waals surface area contributed by atoms with E-state index >= 15 is 0 Å². The smallest absolute Gasteiger partial charge is 0.191 e. The molecule has 2 aromatic rings. The lowest BCUT2D eigenvalue weighted by molar-refractivity contribution is 0.276. The maximum atomic E-state index is 13.4. The van der Waals surface area contributed by atoms with E-state index in [0.29, 0.717) is 11.8 Å². The number of halogens is 3. The van der Waals surface area contributed by atoms with Gasteiger partial charge in [-0.25, -0.2) is 18.7 Å². The number of anilines is 1. The molecule has 4 nitrogen and oxygen atoms in total. The van der Waals surface area contributed by atoms with Gasteiger partial charge in [-0.1, -0.05) is 49.3 Å². The summed E-state index contributed by atoms with van der Waals surface area (Å²) < 4.78 is 26.4. The minimum atomic E-state index is -0.875. The second kappa shape index (κ2) is 11.2. The van der Waals surface area contributed by atoms with Crippen LogP contribution < -0.4 is 5.73 Å². The van der Waals surface area contributed by atoms with Crippen molar-refractivity contribution in [1.29, 1.82) is 0 Å². The zero-order chi connectivity index (χ0) is 18.8. The third kappa shape index (κ3) is 8.47. The number of nitrogen functional groups attached to an aromatic ring is 1. The highest BCUT2D eigenvalue weighted by Crippen LogP contribution is 2.24. The van der Waals surface area contributed by atoms with Crippen LogP contribution in [0.5, 0.6) is 0 Å². The molecule has 0 bridgehead atoms. The first-order valence-electron chi connectivity index (χ1n) is 7.80. The van der Waals surface area contributed by atoms with Crippen molar-refractivity contribution in [2.45, 2.75) is 37.6 Å². The fraction of sp³-hybridized carbons (Fsp3) is 0.412. The van der Waals surface area contributed by atoms with Crippen molar-refractivity contribution in [2.75, 3.05) is 12.3 Å². The summed E-state index contributed by atoms with van der Waals surface area (Å²) in [4.78, 5) is 7.85. The molecule has 1 aromatic carbocycles. The SMILES string of the molecule is CC(C)CCCO.Nc1cc(Cl)nc(SCc2cccc(F)c2F)n1. The third-order valence-electron chi connectivity index (χ3n) is 3.02. The maximum absolute atomic E-state index is 13.4. The molecule has 0 saturated heterocycles. The molecule has 0 aliphatic heterocycles. The largest absolute Gasteiger partial charge is 0.396 e. The number of nitrogens with two attached hydrogens (primary N) is 1. The Labute approximate surface area is 155 Å². The highest BCUT2D eigenvalue weighted by atomic mass is 35.5. The quantitative estimate of drug-likeness (QED) is 0.425. The van der Waals surface area contributed by atoms with Gasteiger partial charge in [-0.15, -0.1) is 0 Å². The number of aliphatic hydroxyl groups excluding tert-OH is 1. The van der Waals surface area contributed by atoms with E-state index in [9.17, 15) is 8.78 Å². The molecule has 1 heterocycles. The number of nitrogens with zero attached hydrogens (tertiary/aromatic N) is 2. The number of thioether (sulfide) groups is 1. The number of hydrogen-bond acceptors (Lipinski definition) is 5. The summed E-state index contributed by atoms with van der Waals surface area (Å²) >= 11 is 6.84. The normalized spacial score (nSPS) is 10.5. The molecule has 1 aromatic heterocycles. The van der Waals surface area contributed by atoms with Gasteiger partial charge in [0.15, 0.2) is 16.8 Å². The standard InChI is InChI=1S/C11H8ClF2N3S.C6H14O/c12-8-4-9(15)17-11(16-8)18-5-6-2-1-3-7(13)10(6)14;1-6(2)4-3-5-7/h1-4H,5H2,(H2,15,16,17);6-7H,3-5H2,1-2H3. The van der Waals surface area contributed by atoms with Crippen LogP contribution in [0, 0.1) is 17.6 Å². The van der Waals surface area contributed by atoms with Gasteiger partial charge < -0.3 is 10.8 Å². The summed E-state index contributed by atoms with van der Waals surface area (Å²) in [5.41, 5.74) is 5.74. The monoisotopic (exact) mass is 389 g/mol. The molecule has 0 amide bonds. The zero-order valence-corrected chi connectivity index (χ0v) is 15.7. The number of benzene rings is 1. The van der Waals surface area contributed by atoms with Crippen LogP contribution in [0.4, 0.5) is 14.6 Å². The molecular weight excluding hydrogens is 368 g/mol. The molecule has 3 N–H and O–H groups in total. The minimum Gasteiger partial charge on any atom is -0.396 e. The Morgan fingerprint density at radius 1 is 1.28 bits per heavy atom. The van der Waals surface area contributed by atoms with Gasteiger partial charge in [0.25, 0.3) is 0 Å². The lowest BCUT2D eigenvalue weighted by Crippen LogP contribution is -1.96. The predicted octanol–water partition coefficient (Wildman–Crippen LogP) is 4.70. The summed E-state index contributed by atoms with van der Waals surface area (Å²) in [5.74, 6) is -0.562. The molecule has 8 heteroatoms. The Hall–Kier alpha value is -1.44. The molecule has 0 saturated carbocycles. The lowest BCUT2D eigenvalue weighted by atomic mass is 10.1. The number of hydrogen-bond donors (Lipinski definition) is 2. The van der Waals surface area contributed by atoms with E-state index in [2.05, 4.69) is 23.8 Å². The van der Waals surface area contributed by atoms with E-state index < -0.39 is 11.6 Å². The highest BCUT2D eigenvalue weighted by molar-refractivity contribution is 7.98. The number of rotatable bonds is 6. The molecule has 25 heavy (non-hydrogen) atoms. The van der Waals surface area contributed by atoms with Crippen molar-refractivity contribution in [3.63, 3.8) is 0 Å². The molecule has 0 fully saturated rings. The first kappa shape index (κ1) is 21.6. The first-order chi connectivity index (χ1) is 11.8. The molecular formula is C17H22ClF2N3OS. The van der Waals surface area contributed by atoms with Crippen LogP contribution in [-0.4, -0.2) is 21.7 Å². The van der Waals surface area contributed by atoms with Gasteiger partial charge in [-0.2, -0.15) is 0 Å². The Bertz CT molecular complexity index is 654. The zero-order valence-electron chi connectivity index (χ0n) is 14.2. The second-order valence-corrected chi connectivity index (χ2v) is 6.99. The van der Waals surface area contributed by atoms with Crippen LogP contribution >= 0.6 is 23.4 Å². The van der Waals surface area contributed by atoms with E-state index in [1.807, 2.05) is 0 Å². The fourth-order valence-corrected chi connectivity index (χ4v) is 2.86.